The molecule has 0 bridgehead atoms. The fourth-order valence-corrected chi connectivity index (χ4v) is 12.4. The van der Waals surface area contributed by atoms with Gasteiger partial charge in [0.15, 0.2) is 0 Å². The topological polar surface area (TPSA) is 15.7 Å². The molecule has 0 spiro atoms. The van der Waals surface area contributed by atoms with E-state index in [4.69, 9.17) is 4.74 Å². The fourth-order valence-electron chi connectivity index (χ4n) is 12.4. The Kier molecular flexibility index (Phi) is 9.15. The molecule has 11 aromatic carbocycles. The normalized spacial score (nSPS) is 13.8. The second-order valence-corrected chi connectivity index (χ2v) is 19.6. The molecule has 3 nitrogen and oxygen atoms in total. The fraction of sp³-hybridized carbons (Fsp3) is 0.0588. The molecule has 336 valence electrons. The van der Waals surface area contributed by atoms with E-state index in [1.54, 1.807) is 0 Å². The molecule has 0 radical (unpaired) electrons. The van der Waals surface area contributed by atoms with E-state index in [1.807, 2.05) is 0 Å². The van der Waals surface area contributed by atoms with E-state index >= 15 is 0 Å². The Morgan fingerprint density at radius 1 is 0.324 bits per heavy atom. The van der Waals surface area contributed by atoms with E-state index in [0.717, 1.165) is 67.5 Å². The number of para-hydroxylation sites is 2. The van der Waals surface area contributed by atoms with Crippen LogP contribution in [0.4, 0.5) is 34.1 Å². The lowest BCUT2D eigenvalue weighted by atomic mass is 9.68. The Labute approximate surface area is 415 Å². The largest absolute Gasteiger partial charge is 0.456 e. The smallest absolute Gasteiger partial charge is 0.137 e. The molecule has 71 heavy (non-hydrogen) atoms. The van der Waals surface area contributed by atoms with Crippen molar-refractivity contribution in [3.63, 3.8) is 0 Å². The zero-order valence-electron chi connectivity index (χ0n) is 39.6. The van der Waals surface area contributed by atoms with Crippen LogP contribution in [0.5, 0.6) is 11.5 Å². The summed E-state index contributed by atoms with van der Waals surface area (Å²) in [4.78, 5) is 4.83. The van der Waals surface area contributed by atoms with E-state index in [-0.39, 0.29) is 5.41 Å². The number of nitrogens with zero attached hydrogens (tertiary/aromatic N) is 2. The van der Waals surface area contributed by atoms with E-state index in [1.165, 1.54) is 55.6 Å². The van der Waals surface area contributed by atoms with Gasteiger partial charge in [0.05, 0.1) is 16.8 Å². The van der Waals surface area contributed by atoms with Gasteiger partial charge >= 0.3 is 0 Å². The monoisotopic (exact) mass is 908 g/mol. The highest BCUT2D eigenvalue weighted by Gasteiger charge is 2.47. The zero-order chi connectivity index (χ0) is 47.3. The van der Waals surface area contributed by atoms with Crippen molar-refractivity contribution in [2.75, 3.05) is 9.80 Å². The first kappa shape index (κ1) is 41.1. The van der Waals surface area contributed by atoms with Gasteiger partial charge in [-0.15, -0.1) is 0 Å². The predicted molar refractivity (Wildman–Crippen MR) is 294 cm³/mol. The summed E-state index contributed by atoms with van der Waals surface area (Å²) >= 11 is 0. The maximum atomic E-state index is 7.08. The van der Waals surface area contributed by atoms with Gasteiger partial charge in [0, 0.05) is 56.1 Å². The molecular formula is C68H48N2O. The Bertz CT molecular complexity index is 3800. The molecule has 0 atom stereocenters. The second-order valence-electron chi connectivity index (χ2n) is 19.6. The SMILES string of the molecule is CC1(C)c2ccccc2-c2ccc(N(c3cccc4c3-c3ccccc3C4(c3ccccc3)c3ccccc3)c3ccc4c5c(cccc35)-c3ccc(N(c5ccccc5)c5ccccc5)cc3O4)cc21. The van der Waals surface area contributed by atoms with Gasteiger partial charge in [-0.25, -0.2) is 0 Å². The molecular weight excluding hydrogens is 861 g/mol. The van der Waals surface area contributed by atoms with Crippen molar-refractivity contribution >= 4 is 44.9 Å². The molecule has 3 heteroatoms. The van der Waals surface area contributed by atoms with E-state index < -0.39 is 5.41 Å². The van der Waals surface area contributed by atoms with Crippen LogP contribution in [0, 0.1) is 0 Å². The number of fused-ring (bicyclic) bond motifs is 8. The number of ether oxygens (including phenoxy) is 1. The molecule has 14 rings (SSSR count). The van der Waals surface area contributed by atoms with E-state index in [2.05, 4.69) is 278 Å². The van der Waals surface area contributed by atoms with Crippen molar-refractivity contribution < 1.29 is 4.74 Å². The van der Waals surface area contributed by atoms with Crippen LogP contribution in [-0.4, -0.2) is 0 Å². The summed E-state index contributed by atoms with van der Waals surface area (Å²) in [5.74, 6) is 1.68. The maximum Gasteiger partial charge on any atom is 0.137 e. The first-order valence-corrected chi connectivity index (χ1v) is 24.7. The molecule has 0 aromatic heterocycles. The summed E-state index contributed by atoms with van der Waals surface area (Å²) in [5.41, 5.74) is 20.8. The standard InChI is InChI=1S/C68H48N2O/c1-67(2)57-33-17-15-29-51(57)52-39-37-49(43-60(52)67)70(62-36-20-35-59-66(62)55-30-16-18-34-58(55)68(59,45-21-7-3-8-22-45)46-23-9-4-10-24-46)61-41-42-63-65-54(31-19-32-56(61)65)53-40-38-50(44-64(53)71-63)69(47-25-11-5-12-26-47)48-27-13-6-14-28-48/h3-44H,1-2H3. The van der Waals surface area contributed by atoms with Crippen LogP contribution in [0.2, 0.25) is 0 Å². The lowest BCUT2D eigenvalue weighted by molar-refractivity contribution is 0.487. The summed E-state index contributed by atoms with van der Waals surface area (Å²) in [6.07, 6.45) is 0. The first-order chi connectivity index (χ1) is 35.0. The van der Waals surface area contributed by atoms with Gasteiger partial charge in [0.25, 0.3) is 0 Å². The number of hydrogen-bond acceptors (Lipinski definition) is 3. The Morgan fingerprint density at radius 3 is 1.55 bits per heavy atom. The highest BCUT2D eigenvalue weighted by Crippen LogP contribution is 2.61. The minimum Gasteiger partial charge on any atom is -0.456 e. The molecule has 0 saturated heterocycles. The summed E-state index contributed by atoms with van der Waals surface area (Å²) in [6.45, 7) is 4.75. The second kappa shape index (κ2) is 15.8. The van der Waals surface area contributed by atoms with Crippen molar-refractivity contribution in [3.05, 3.63) is 288 Å². The molecule has 0 saturated carbocycles. The third-order valence-corrected chi connectivity index (χ3v) is 15.5. The summed E-state index contributed by atoms with van der Waals surface area (Å²) in [5, 5.41) is 2.22. The van der Waals surface area contributed by atoms with Gasteiger partial charge < -0.3 is 14.5 Å². The highest BCUT2D eigenvalue weighted by atomic mass is 16.5. The van der Waals surface area contributed by atoms with Crippen LogP contribution in [0.1, 0.15) is 47.2 Å². The van der Waals surface area contributed by atoms with Crippen LogP contribution in [0.25, 0.3) is 44.2 Å². The average Bonchev–Trinajstić information content (AvgIpc) is 3.87. The van der Waals surface area contributed by atoms with Gasteiger partial charge in [-0.2, -0.15) is 0 Å². The third-order valence-electron chi connectivity index (χ3n) is 15.5. The van der Waals surface area contributed by atoms with E-state index in [0.29, 0.717) is 0 Å². The van der Waals surface area contributed by atoms with Gasteiger partial charge in [-0.3, -0.25) is 0 Å². The molecule has 3 aliphatic rings. The number of anilines is 6. The highest BCUT2D eigenvalue weighted by molar-refractivity contribution is 6.12. The average molecular weight is 909 g/mol. The van der Waals surface area contributed by atoms with Gasteiger partial charge in [-0.1, -0.05) is 196 Å². The summed E-state index contributed by atoms with van der Waals surface area (Å²) in [7, 11) is 0. The number of benzene rings is 11. The van der Waals surface area contributed by atoms with Crippen LogP contribution in [0.15, 0.2) is 255 Å². The minimum absolute atomic E-state index is 0.193. The van der Waals surface area contributed by atoms with E-state index in [9.17, 15) is 0 Å². The molecule has 11 aromatic rings. The van der Waals surface area contributed by atoms with Gasteiger partial charge in [0.1, 0.15) is 11.5 Å². The van der Waals surface area contributed by atoms with Crippen LogP contribution < -0.4 is 14.5 Å². The molecule has 1 aliphatic heterocycles. The molecule has 2 aliphatic carbocycles. The summed E-state index contributed by atoms with van der Waals surface area (Å²) in [6, 6.07) is 93.3. The van der Waals surface area contributed by atoms with Crippen molar-refractivity contribution in [2.24, 2.45) is 0 Å². The summed E-state index contributed by atoms with van der Waals surface area (Å²) < 4.78 is 7.08. The Balaban J connectivity index is 1.00. The van der Waals surface area contributed by atoms with Crippen LogP contribution in [-0.2, 0) is 10.8 Å². The predicted octanol–water partition coefficient (Wildman–Crippen LogP) is 18.2. The number of rotatable bonds is 8. The van der Waals surface area contributed by atoms with Gasteiger partial charge in [-0.05, 0) is 122 Å². The van der Waals surface area contributed by atoms with Crippen molar-refractivity contribution in [3.8, 4) is 44.9 Å². The third kappa shape index (κ3) is 6.03. The molecule has 0 fully saturated rings. The number of hydrogen-bond donors (Lipinski definition) is 0. The van der Waals surface area contributed by atoms with Gasteiger partial charge in [0.2, 0.25) is 0 Å². The lowest BCUT2D eigenvalue weighted by Crippen LogP contribution is -2.28. The van der Waals surface area contributed by atoms with Crippen molar-refractivity contribution in [1.29, 1.82) is 0 Å². The quantitative estimate of drug-likeness (QED) is 0.151. The lowest BCUT2D eigenvalue weighted by Gasteiger charge is -2.35. The van der Waals surface area contributed by atoms with Crippen LogP contribution in [0.3, 0.4) is 0 Å². The van der Waals surface area contributed by atoms with Crippen molar-refractivity contribution in [2.45, 2.75) is 24.7 Å². The molecule has 0 unspecified atom stereocenters. The maximum absolute atomic E-state index is 7.08. The van der Waals surface area contributed by atoms with Crippen molar-refractivity contribution in [1.82, 2.24) is 0 Å². The molecule has 0 amide bonds. The minimum atomic E-state index is -0.551. The van der Waals surface area contributed by atoms with Crippen LogP contribution >= 0.6 is 0 Å². The first-order valence-electron chi connectivity index (χ1n) is 24.7. The molecule has 1 heterocycles. The Hall–Kier alpha value is -8.92. The molecule has 0 N–H and O–H groups in total. The zero-order valence-corrected chi connectivity index (χ0v) is 39.6. The Morgan fingerprint density at radius 2 is 0.859 bits per heavy atom.